The highest BCUT2D eigenvalue weighted by Gasteiger charge is 2.55. The predicted molar refractivity (Wildman–Crippen MR) is 183 cm³/mol. The third kappa shape index (κ3) is 7.31. The highest BCUT2D eigenvalue weighted by atomic mass is 35.5. The molecule has 0 N–H and O–H groups in total. The van der Waals surface area contributed by atoms with Crippen LogP contribution < -0.4 is 4.90 Å². The van der Waals surface area contributed by atoms with Crippen molar-refractivity contribution in [3.05, 3.63) is 130 Å². The number of nitrogens with zero attached hydrogens (tertiary/aromatic N) is 2. The topological polar surface area (TPSA) is 84.0 Å². The van der Waals surface area contributed by atoms with E-state index in [4.69, 9.17) is 16.3 Å². The first kappa shape index (κ1) is 37.4. The molecule has 1 amide bonds. The average molecular weight is 761 g/mol. The maximum absolute atomic E-state index is 14.8. The van der Waals surface area contributed by atoms with Gasteiger partial charge in [0.25, 0.3) is 15.9 Å². The third-order valence-corrected chi connectivity index (χ3v) is 12.2. The first-order valence-electron chi connectivity index (χ1n) is 16.8. The summed E-state index contributed by atoms with van der Waals surface area (Å²) in [6.07, 6.45) is 5.16. The molecule has 0 bridgehead atoms. The lowest BCUT2D eigenvalue weighted by Gasteiger charge is -2.36. The Balaban J connectivity index is 1.33. The molecule has 1 heterocycles. The van der Waals surface area contributed by atoms with Gasteiger partial charge in [0.15, 0.2) is 33.2 Å². The van der Waals surface area contributed by atoms with E-state index in [0.29, 0.717) is 11.5 Å². The molecule has 6 rings (SSSR count). The Labute approximate surface area is 303 Å². The van der Waals surface area contributed by atoms with E-state index in [1.165, 1.54) is 30.7 Å². The maximum Gasteiger partial charge on any atom is 0.338 e. The summed E-state index contributed by atoms with van der Waals surface area (Å²) >= 11 is 6.83. The number of alkyl halides is 1. The van der Waals surface area contributed by atoms with Crippen molar-refractivity contribution in [1.82, 2.24) is 4.31 Å². The van der Waals surface area contributed by atoms with Crippen molar-refractivity contribution < 1.29 is 44.7 Å². The number of rotatable bonds is 10. The zero-order chi connectivity index (χ0) is 37.2. The molecule has 0 spiro atoms. The second-order valence-corrected chi connectivity index (χ2v) is 15.3. The number of benzene rings is 4. The van der Waals surface area contributed by atoms with E-state index in [2.05, 4.69) is 0 Å². The van der Waals surface area contributed by atoms with Crippen molar-refractivity contribution in [2.45, 2.75) is 73.9 Å². The van der Waals surface area contributed by atoms with E-state index in [-0.39, 0.29) is 41.5 Å². The summed E-state index contributed by atoms with van der Waals surface area (Å²) in [7, 11) is -5.57. The molecule has 274 valence electrons. The van der Waals surface area contributed by atoms with Crippen molar-refractivity contribution in [2.75, 3.05) is 11.4 Å². The van der Waals surface area contributed by atoms with Crippen LogP contribution in [0.1, 0.15) is 77.9 Å². The molecule has 14 heteroatoms. The summed E-state index contributed by atoms with van der Waals surface area (Å²) in [5, 5.41) is 0. The summed E-state index contributed by atoms with van der Waals surface area (Å²) in [5.41, 5.74) is 2.88. The van der Waals surface area contributed by atoms with Gasteiger partial charge in [0.1, 0.15) is 6.61 Å². The number of anilines is 1. The van der Waals surface area contributed by atoms with Crippen LogP contribution >= 0.6 is 11.6 Å². The number of ether oxygens (including phenoxy) is 1. The van der Waals surface area contributed by atoms with E-state index in [0.717, 1.165) is 41.7 Å². The van der Waals surface area contributed by atoms with E-state index in [1.54, 1.807) is 24.3 Å². The van der Waals surface area contributed by atoms with Crippen LogP contribution in [0.2, 0.25) is 0 Å². The van der Waals surface area contributed by atoms with E-state index >= 15 is 0 Å². The van der Waals surface area contributed by atoms with Gasteiger partial charge in [-0.2, -0.15) is 4.31 Å². The van der Waals surface area contributed by atoms with Gasteiger partial charge >= 0.3 is 5.97 Å². The molecule has 1 aliphatic carbocycles. The number of hydrogen-bond acceptors (Lipinski definition) is 5. The van der Waals surface area contributed by atoms with E-state index < -0.39 is 67.4 Å². The molecular formula is C38H34ClF5N2O5S. The van der Waals surface area contributed by atoms with Gasteiger partial charge in [-0.05, 0) is 72.6 Å². The van der Waals surface area contributed by atoms with Crippen LogP contribution in [0.3, 0.4) is 0 Å². The van der Waals surface area contributed by atoms with Crippen LogP contribution in [0.15, 0.2) is 83.8 Å². The number of esters is 1. The zero-order valence-corrected chi connectivity index (χ0v) is 29.3. The fraction of sp³-hybridized carbons (Fsp3) is 0.316. The molecule has 1 saturated heterocycles. The fourth-order valence-electron chi connectivity index (χ4n) is 6.79. The summed E-state index contributed by atoms with van der Waals surface area (Å²) in [6.45, 7) is -0.676. The molecular weight excluding hydrogens is 727 g/mol. The summed E-state index contributed by atoms with van der Waals surface area (Å²) in [5.74, 6) is -13.9. The van der Waals surface area contributed by atoms with Crippen LogP contribution in [0.25, 0.3) is 0 Å². The lowest BCUT2D eigenvalue weighted by Crippen LogP contribution is -2.55. The van der Waals surface area contributed by atoms with Gasteiger partial charge in [0.2, 0.25) is 5.82 Å². The molecule has 2 aliphatic rings. The summed E-state index contributed by atoms with van der Waals surface area (Å²) < 4.78 is 105. The van der Waals surface area contributed by atoms with Gasteiger partial charge in [-0.1, -0.05) is 85.5 Å². The average Bonchev–Trinajstić information content (AvgIpc) is 3.58. The van der Waals surface area contributed by atoms with Crippen molar-refractivity contribution in [2.24, 2.45) is 0 Å². The van der Waals surface area contributed by atoms with Crippen molar-refractivity contribution in [1.29, 1.82) is 0 Å². The predicted octanol–water partition coefficient (Wildman–Crippen LogP) is 8.74. The molecule has 1 aliphatic heterocycles. The zero-order valence-electron chi connectivity index (χ0n) is 27.8. The molecule has 52 heavy (non-hydrogen) atoms. The number of halogens is 6. The molecule has 2 fully saturated rings. The molecule has 7 nitrogen and oxygen atoms in total. The lowest BCUT2D eigenvalue weighted by molar-refractivity contribution is -0.123. The second-order valence-electron chi connectivity index (χ2n) is 12.9. The number of hydrogen-bond donors (Lipinski definition) is 0. The van der Waals surface area contributed by atoms with Gasteiger partial charge in [-0.15, -0.1) is 0 Å². The Kier molecular flexibility index (Phi) is 11.0. The number of carbonyl (C=O) groups is 2. The van der Waals surface area contributed by atoms with Gasteiger partial charge in [-0.3, -0.25) is 4.79 Å². The largest absolute Gasteiger partial charge is 0.457 e. The van der Waals surface area contributed by atoms with Crippen LogP contribution in [0.5, 0.6) is 0 Å². The molecule has 4 aromatic rings. The number of carbonyl (C=O) groups excluding carboxylic acids is 2. The lowest BCUT2D eigenvalue weighted by atomic mass is 9.84. The van der Waals surface area contributed by atoms with E-state index in [1.807, 2.05) is 30.3 Å². The Morgan fingerprint density at radius 1 is 0.769 bits per heavy atom. The summed E-state index contributed by atoms with van der Waals surface area (Å²) in [4.78, 5) is 23.9. The van der Waals surface area contributed by atoms with Gasteiger partial charge < -0.3 is 9.64 Å². The minimum Gasteiger partial charge on any atom is -0.457 e. The maximum atomic E-state index is 14.8. The first-order valence-corrected chi connectivity index (χ1v) is 18.6. The molecule has 0 aromatic heterocycles. The summed E-state index contributed by atoms with van der Waals surface area (Å²) in [6, 6.07) is 22.3. The minimum atomic E-state index is -5.57. The second kappa shape index (κ2) is 15.3. The monoisotopic (exact) mass is 760 g/mol. The number of sulfonamides is 1. The SMILES string of the molecule is O=C(OCc1ccccc1)c1ccc(N(Cc2ccc(C3CCCCC3)cc2)C(=O)[C@]2(Cl)CCCN2S(=O)(=O)c2c(F)c(F)c(F)c(F)c2F)cc1. The van der Waals surface area contributed by atoms with Crippen LogP contribution in [-0.2, 0) is 32.7 Å². The van der Waals surface area contributed by atoms with Crippen molar-refractivity contribution in [3.63, 3.8) is 0 Å². The van der Waals surface area contributed by atoms with Crippen LogP contribution in [0, 0.1) is 29.1 Å². The van der Waals surface area contributed by atoms with Gasteiger partial charge in [-0.25, -0.2) is 35.2 Å². The van der Waals surface area contributed by atoms with Crippen molar-refractivity contribution in [3.8, 4) is 0 Å². The first-order chi connectivity index (χ1) is 24.8. The Morgan fingerprint density at radius 3 is 1.98 bits per heavy atom. The Morgan fingerprint density at radius 2 is 1.37 bits per heavy atom. The third-order valence-electron chi connectivity index (χ3n) is 9.58. The molecule has 1 saturated carbocycles. The number of amides is 1. The molecule has 4 aromatic carbocycles. The molecule has 0 unspecified atom stereocenters. The highest BCUT2D eigenvalue weighted by Crippen LogP contribution is 2.42. The quantitative estimate of drug-likeness (QED) is 0.0403. The minimum absolute atomic E-state index is 0.0189. The fourth-order valence-corrected chi connectivity index (χ4v) is 9.15. The smallest absolute Gasteiger partial charge is 0.338 e. The standard InChI is InChI=1S/C38H34ClF5N2O5S/c39-38(20-7-21-46(38)52(49,50)35-33(43)31(41)30(40)32(42)34(35)44)37(48)45(22-24-12-14-27(15-13-24)26-10-5-2-6-11-26)29-18-16-28(17-19-29)36(47)51-23-25-8-3-1-4-9-25/h1,3-4,8-9,12-19,26H,2,5-7,10-11,20-23H2/t38-/m0/s1. The van der Waals surface area contributed by atoms with Crippen LogP contribution in [0.4, 0.5) is 27.6 Å². The normalized spacial score (nSPS) is 18.3. The van der Waals surface area contributed by atoms with Crippen LogP contribution in [-0.4, -0.2) is 36.1 Å². The van der Waals surface area contributed by atoms with Gasteiger partial charge in [0, 0.05) is 12.2 Å². The highest BCUT2D eigenvalue weighted by molar-refractivity contribution is 7.89. The molecule has 1 atom stereocenters. The Hall–Kier alpha value is -4.33. The van der Waals surface area contributed by atoms with Crippen molar-refractivity contribution >= 4 is 39.2 Å². The van der Waals surface area contributed by atoms with Gasteiger partial charge in [0.05, 0.1) is 12.1 Å². The molecule has 0 radical (unpaired) electrons. The van der Waals surface area contributed by atoms with E-state index in [9.17, 15) is 40.0 Å². The Bertz CT molecular complexity index is 2040.